The number of hydrogen-bond donors (Lipinski definition) is 1. The van der Waals surface area contributed by atoms with Crippen LogP contribution in [0.1, 0.15) is 33.4 Å². The van der Waals surface area contributed by atoms with Gasteiger partial charge in [0.1, 0.15) is 5.76 Å². The van der Waals surface area contributed by atoms with Crippen LogP contribution in [0.4, 0.5) is 5.69 Å². The number of ether oxygens (including phenoxy) is 3. The molecule has 1 N–H and O–H groups in total. The van der Waals surface area contributed by atoms with E-state index in [9.17, 15) is 9.59 Å². The van der Waals surface area contributed by atoms with Crippen LogP contribution in [0.3, 0.4) is 0 Å². The maximum atomic E-state index is 12.2. The zero-order chi connectivity index (χ0) is 22.2. The minimum Gasteiger partial charge on any atom is -0.493 e. The van der Waals surface area contributed by atoms with E-state index in [4.69, 9.17) is 18.6 Å². The zero-order valence-electron chi connectivity index (χ0n) is 17.8. The Kier molecular flexibility index (Phi) is 7.32. The highest BCUT2D eigenvalue weighted by Gasteiger charge is 2.15. The summed E-state index contributed by atoms with van der Waals surface area (Å²) in [5, 5.41) is 3.38. The molecule has 3 rings (SSSR count). The van der Waals surface area contributed by atoms with Gasteiger partial charge >= 0.3 is 5.97 Å². The fraction of sp³-hybridized carbons (Fsp3) is 0.250. The van der Waals surface area contributed by atoms with Gasteiger partial charge in [0.05, 0.1) is 26.4 Å². The topological polar surface area (TPSA) is 87.0 Å². The number of esters is 1. The first-order valence-corrected chi connectivity index (χ1v) is 9.91. The maximum Gasteiger partial charge on any atom is 0.338 e. The van der Waals surface area contributed by atoms with Crippen LogP contribution in [0.5, 0.6) is 11.5 Å². The molecule has 0 spiro atoms. The third kappa shape index (κ3) is 5.25. The number of hydrogen-bond acceptors (Lipinski definition) is 7. The smallest absolute Gasteiger partial charge is 0.338 e. The second-order valence-electron chi connectivity index (χ2n) is 6.67. The van der Waals surface area contributed by atoms with Gasteiger partial charge in [0.2, 0.25) is 0 Å². The van der Waals surface area contributed by atoms with Crippen molar-refractivity contribution in [2.45, 2.75) is 13.3 Å². The molecule has 0 aliphatic rings. The molecule has 7 heteroatoms. The van der Waals surface area contributed by atoms with E-state index in [1.54, 1.807) is 51.5 Å². The minimum absolute atomic E-state index is 0.216. The van der Waals surface area contributed by atoms with Gasteiger partial charge in [-0.2, -0.15) is 0 Å². The van der Waals surface area contributed by atoms with E-state index < -0.39 is 5.97 Å². The van der Waals surface area contributed by atoms with Crippen LogP contribution in [-0.2, 0) is 11.2 Å². The van der Waals surface area contributed by atoms with Gasteiger partial charge in [-0.05, 0) is 61.4 Å². The average molecular weight is 423 g/mol. The van der Waals surface area contributed by atoms with Gasteiger partial charge in [0.15, 0.2) is 23.5 Å². The fourth-order valence-corrected chi connectivity index (χ4v) is 3.18. The molecule has 31 heavy (non-hydrogen) atoms. The highest BCUT2D eigenvalue weighted by Crippen LogP contribution is 2.31. The first kappa shape index (κ1) is 22.0. The van der Waals surface area contributed by atoms with Crippen molar-refractivity contribution in [3.63, 3.8) is 0 Å². The predicted octanol–water partition coefficient (Wildman–Crippen LogP) is 4.61. The lowest BCUT2D eigenvalue weighted by atomic mass is 10.1. The monoisotopic (exact) mass is 423 g/mol. The molecule has 0 bridgehead atoms. The van der Waals surface area contributed by atoms with Gasteiger partial charge in [0.25, 0.3) is 0 Å². The second-order valence-corrected chi connectivity index (χ2v) is 6.67. The van der Waals surface area contributed by atoms with Crippen molar-refractivity contribution in [1.82, 2.24) is 0 Å². The Bertz CT molecular complexity index is 1060. The van der Waals surface area contributed by atoms with Gasteiger partial charge in [-0.3, -0.25) is 4.79 Å². The molecule has 0 unspecified atom stereocenters. The molecule has 0 aliphatic carbocycles. The molecular formula is C24H25NO6. The summed E-state index contributed by atoms with van der Waals surface area (Å²) in [6, 6.07) is 14.3. The molecule has 1 aromatic heterocycles. The van der Waals surface area contributed by atoms with Gasteiger partial charge in [-0.1, -0.05) is 6.07 Å². The fourth-order valence-electron chi connectivity index (χ4n) is 3.18. The molecule has 3 aromatic rings. The molecule has 0 fully saturated rings. The van der Waals surface area contributed by atoms with E-state index in [0.717, 1.165) is 17.7 Å². The lowest BCUT2D eigenvalue weighted by molar-refractivity contribution is 0.0526. The quantitative estimate of drug-likeness (QED) is 0.376. The summed E-state index contributed by atoms with van der Waals surface area (Å²) in [6.07, 6.45) is 1.38. The van der Waals surface area contributed by atoms with Crippen molar-refractivity contribution >= 4 is 17.9 Å². The van der Waals surface area contributed by atoms with E-state index in [1.165, 1.54) is 0 Å². The van der Waals surface area contributed by atoms with Crippen molar-refractivity contribution in [2.24, 2.45) is 0 Å². The molecule has 0 radical (unpaired) electrons. The van der Waals surface area contributed by atoms with Crippen molar-refractivity contribution < 1.29 is 28.2 Å². The van der Waals surface area contributed by atoms with E-state index in [1.807, 2.05) is 18.2 Å². The molecule has 0 saturated heterocycles. The van der Waals surface area contributed by atoms with Crippen LogP contribution in [0, 0.1) is 0 Å². The van der Waals surface area contributed by atoms with Crippen LogP contribution >= 0.6 is 0 Å². The third-order valence-electron chi connectivity index (χ3n) is 4.72. The highest BCUT2D eigenvalue weighted by atomic mass is 16.5. The Hall–Kier alpha value is -3.74. The number of nitrogens with one attached hydrogen (secondary N) is 1. The van der Waals surface area contributed by atoms with Crippen LogP contribution in [0.15, 0.2) is 52.9 Å². The zero-order valence-corrected chi connectivity index (χ0v) is 17.8. The molecule has 0 aliphatic heterocycles. The largest absolute Gasteiger partial charge is 0.493 e. The maximum absolute atomic E-state index is 12.2. The lowest BCUT2D eigenvalue weighted by Gasteiger charge is -2.13. The first-order chi connectivity index (χ1) is 15.1. The second kappa shape index (κ2) is 10.3. The minimum atomic E-state index is -0.414. The summed E-state index contributed by atoms with van der Waals surface area (Å²) < 4.78 is 21.3. The number of furan rings is 1. The molecule has 0 atom stereocenters. The third-order valence-corrected chi connectivity index (χ3v) is 4.72. The van der Waals surface area contributed by atoms with Crippen molar-refractivity contribution in [2.75, 3.05) is 32.7 Å². The van der Waals surface area contributed by atoms with Crippen molar-refractivity contribution in [3.05, 3.63) is 65.4 Å². The highest BCUT2D eigenvalue weighted by molar-refractivity contribution is 5.93. The standard InChI is InChI=1S/C24H25NO6/c1-4-30-24(27)17-6-8-20(19(14-17)21-10-7-18(15-26)31-21)25-12-11-16-5-9-22(28-2)23(13-16)29-3/h5-10,13-15,25H,4,11-12H2,1-3H3. The summed E-state index contributed by atoms with van der Waals surface area (Å²) >= 11 is 0. The predicted molar refractivity (Wildman–Crippen MR) is 117 cm³/mol. The van der Waals surface area contributed by atoms with Gasteiger partial charge < -0.3 is 23.9 Å². The Morgan fingerprint density at radius 3 is 2.52 bits per heavy atom. The Morgan fingerprint density at radius 1 is 1.03 bits per heavy atom. The van der Waals surface area contributed by atoms with Gasteiger partial charge in [0, 0.05) is 17.8 Å². The van der Waals surface area contributed by atoms with Gasteiger partial charge in [-0.25, -0.2) is 4.79 Å². The molecule has 7 nitrogen and oxygen atoms in total. The van der Waals surface area contributed by atoms with E-state index in [-0.39, 0.29) is 12.4 Å². The number of carbonyl (C=O) groups is 2. The molecular weight excluding hydrogens is 398 g/mol. The first-order valence-electron chi connectivity index (χ1n) is 9.91. The molecule has 2 aromatic carbocycles. The summed E-state index contributed by atoms with van der Waals surface area (Å²) in [5.41, 5.74) is 2.94. The van der Waals surface area contributed by atoms with E-state index >= 15 is 0 Å². The van der Waals surface area contributed by atoms with Crippen LogP contribution in [0.25, 0.3) is 11.3 Å². The number of benzene rings is 2. The Labute approximate surface area is 180 Å². The van der Waals surface area contributed by atoms with Crippen molar-refractivity contribution in [3.8, 4) is 22.8 Å². The van der Waals surface area contributed by atoms with Crippen molar-refractivity contribution in [1.29, 1.82) is 0 Å². The van der Waals surface area contributed by atoms with Gasteiger partial charge in [-0.15, -0.1) is 0 Å². The summed E-state index contributed by atoms with van der Waals surface area (Å²) in [5.74, 6) is 1.65. The van der Waals surface area contributed by atoms with Crippen LogP contribution < -0.4 is 14.8 Å². The number of rotatable bonds is 10. The summed E-state index contributed by atoms with van der Waals surface area (Å²) in [7, 11) is 3.21. The molecule has 0 saturated carbocycles. The molecule has 1 heterocycles. The number of carbonyl (C=O) groups excluding carboxylic acids is 2. The number of anilines is 1. The molecule has 162 valence electrons. The average Bonchev–Trinajstić information content (AvgIpc) is 3.28. The number of methoxy groups -OCH3 is 2. The van der Waals surface area contributed by atoms with E-state index in [2.05, 4.69) is 5.32 Å². The summed E-state index contributed by atoms with van der Waals surface area (Å²) in [4.78, 5) is 23.2. The van der Waals surface area contributed by atoms with Crippen LogP contribution in [-0.4, -0.2) is 39.6 Å². The Morgan fingerprint density at radius 2 is 1.84 bits per heavy atom. The lowest BCUT2D eigenvalue weighted by Crippen LogP contribution is -2.08. The number of aldehydes is 1. The SMILES string of the molecule is CCOC(=O)c1ccc(NCCc2ccc(OC)c(OC)c2)c(-c2ccc(C=O)o2)c1. The normalized spacial score (nSPS) is 10.4. The molecule has 0 amide bonds. The Balaban J connectivity index is 1.81. The van der Waals surface area contributed by atoms with Crippen LogP contribution in [0.2, 0.25) is 0 Å². The van der Waals surface area contributed by atoms with E-state index in [0.29, 0.717) is 41.2 Å². The summed E-state index contributed by atoms with van der Waals surface area (Å²) in [6.45, 7) is 2.67.